The zero-order chi connectivity index (χ0) is 16.7. The van der Waals surface area contributed by atoms with Gasteiger partial charge in [0.25, 0.3) is 0 Å². The van der Waals surface area contributed by atoms with Gasteiger partial charge in [0.2, 0.25) is 0 Å². The van der Waals surface area contributed by atoms with Gasteiger partial charge in [0, 0.05) is 12.2 Å². The number of carbonyl (C=O) groups excluding carboxylic acids is 1. The Morgan fingerprint density at radius 2 is 1.65 bits per heavy atom. The number of anilines is 1. The van der Waals surface area contributed by atoms with Gasteiger partial charge in [-0.2, -0.15) is 0 Å². The Hall–Kier alpha value is -2.29. The Morgan fingerprint density at radius 3 is 2.26 bits per heavy atom. The Labute approximate surface area is 139 Å². The molecule has 0 spiro atoms. The fraction of sp³-hybridized carbons (Fsp3) is 0.350. The van der Waals surface area contributed by atoms with Crippen molar-refractivity contribution < 1.29 is 4.79 Å². The minimum Gasteiger partial charge on any atom is -0.338 e. The monoisotopic (exact) mass is 310 g/mol. The molecule has 23 heavy (non-hydrogen) atoms. The van der Waals surface area contributed by atoms with E-state index < -0.39 is 0 Å². The van der Waals surface area contributed by atoms with Crippen molar-refractivity contribution in [2.75, 3.05) is 11.9 Å². The maximum atomic E-state index is 12.2. The molecule has 2 aromatic rings. The van der Waals surface area contributed by atoms with Gasteiger partial charge in [0.1, 0.15) is 0 Å². The smallest absolute Gasteiger partial charge is 0.319 e. The Kier molecular flexibility index (Phi) is 6.21. The van der Waals surface area contributed by atoms with Crippen molar-refractivity contribution in [1.82, 2.24) is 5.32 Å². The molecule has 2 amide bonds. The molecule has 2 N–H and O–H groups in total. The van der Waals surface area contributed by atoms with Crippen LogP contribution in [0, 0.1) is 6.92 Å². The Morgan fingerprint density at radius 1 is 1.00 bits per heavy atom. The summed E-state index contributed by atoms with van der Waals surface area (Å²) < 4.78 is 0. The summed E-state index contributed by atoms with van der Waals surface area (Å²) in [5.74, 6) is 0. The van der Waals surface area contributed by atoms with Crippen molar-refractivity contribution in [1.29, 1.82) is 0 Å². The van der Waals surface area contributed by atoms with Crippen LogP contribution in [-0.2, 0) is 19.3 Å². The molecule has 0 bridgehead atoms. The number of aryl methyl sites for hydroxylation is 3. The van der Waals surface area contributed by atoms with Gasteiger partial charge in [-0.3, -0.25) is 0 Å². The average molecular weight is 310 g/mol. The third-order valence-electron chi connectivity index (χ3n) is 4.02. The average Bonchev–Trinajstić information content (AvgIpc) is 2.55. The summed E-state index contributed by atoms with van der Waals surface area (Å²) in [7, 11) is 0. The number of rotatable bonds is 6. The summed E-state index contributed by atoms with van der Waals surface area (Å²) in [6.45, 7) is 6.92. The predicted molar refractivity (Wildman–Crippen MR) is 97.1 cm³/mol. The number of urea groups is 1. The van der Waals surface area contributed by atoms with Gasteiger partial charge >= 0.3 is 6.03 Å². The van der Waals surface area contributed by atoms with Crippen LogP contribution in [-0.4, -0.2) is 12.6 Å². The second-order valence-corrected chi connectivity index (χ2v) is 5.78. The van der Waals surface area contributed by atoms with E-state index in [4.69, 9.17) is 0 Å². The number of amides is 2. The van der Waals surface area contributed by atoms with E-state index in [0.717, 1.165) is 24.9 Å². The van der Waals surface area contributed by atoms with Crippen molar-refractivity contribution in [3.05, 3.63) is 64.7 Å². The highest BCUT2D eigenvalue weighted by Gasteiger charge is 2.09. The first kappa shape index (κ1) is 17.1. The van der Waals surface area contributed by atoms with Crippen LogP contribution in [0.3, 0.4) is 0 Å². The number of carbonyl (C=O) groups is 1. The first-order valence-corrected chi connectivity index (χ1v) is 8.35. The molecule has 0 radical (unpaired) electrons. The van der Waals surface area contributed by atoms with Crippen LogP contribution < -0.4 is 10.6 Å². The van der Waals surface area contributed by atoms with Crippen LogP contribution in [0.25, 0.3) is 0 Å². The van der Waals surface area contributed by atoms with E-state index in [-0.39, 0.29) is 6.03 Å². The molecular formula is C20H26N2O. The highest BCUT2D eigenvalue weighted by molar-refractivity contribution is 5.91. The third kappa shape index (κ3) is 4.85. The normalized spacial score (nSPS) is 10.4. The minimum absolute atomic E-state index is 0.131. The molecule has 2 aromatic carbocycles. The van der Waals surface area contributed by atoms with E-state index in [1.165, 1.54) is 22.3 Å². The van der Waals surface area contributed by atoms with Crippen LogP contribution in [0.1, 0.15) is 36.1 Å². The van der Waals surface area contributed by atoms with Gasteiger partial charge in [0.05, 0.1) is 0 Å². The fourth-order valence-corrected chi connectivity index (χ4v) is 2.75. The van der Waals surface area contributed by atoms with Crippen LogP contribution in [0.4, 0.5) is 10.5 Å². The van der Waals surface area contributed by atoms with E-state index in [9.17, 15) is 4.79 Å². The zero-order valence-electron chi connectivity index (χ0n) is 14.3. The number of hydrogen-bond donors (Lipinski definition) is 2. The minimum atomic E-state index is -0.131. The topological polar surface area (TPSA) is 41.1 Å². The molecule has 0 aromatic heterocycles. The van der Waals surface area contributed by atoms with Gasteiger partial charge in [-0.25, -0.2) is 4.79 Å². The molecule has 122 valence electrons. The van der Waals surface area contributed by atoms with E-state index in [0.29, 0.717) is 6.54 Å². The summed E-state index contributed by atoms with van der Waals surface area (Å²) in [5, 5.41) is 5.98. The summed E-state index contributed by atoms with van der Waals surface area (Å²) in [6.07, 6.45) is 2.66. The summed E-state index contributed by atoms with van der Waals surface area (Å²) in [5.41, 5.74) is 5.81. The number of para-hydroxylation sites is 1. The fourth-order valence-electron chi connectivity index (χ4n) is 2.75. The zero-order valence-corrected chi connectivity index (χ0v) is 14.3. The van der Waals surface area contributed by atoms with E-state index in [1.54, 1.807) is 0 Å². The number of benzene rings is 2. The van der Waals surface area contributed by atoms with E-state index in [1.807, 2.05) is 0 Å². The molecule has 0 atom stereocenters. The molecule has 0 saturated carbocycles. The lowest BCUT2D eigenvalue weighted by Gasteiger charge is -2.15. The van der Waals surface area contributed by atoms with Crippen molar-refractivity contribution in [2.24, 2.45) is 0 Å². The highest BCUT2D eigenvalue weighted by atomic mass is 16.2. The third-order valence-corrected chi connectivity index (χ3v) is 4.02. The summed E-state index contributed by atoms with van der Waals surface area (Å²) >= 11 is 0. The lowest BCUT2D eigenvalue weighted by Crippen LogP contribution is -2.31. The second kappa shape index (κ2) is 8.37. The summed E-state index contributed by atoms with van der Waals surface area (Å²) in [6, 6.07) is 14.4. The summed E-state index contributed by atoms with van der Waals surface area (Å²) in [4.78, 5) is 12.2. The van der Waals surface area contributed by atoms with Gasteiger partial charge < -0.3 is 10.6 Å². The van der Waals surface area contributed by atoms with E-state index in [2.05, 4.69) is 73.9 Å². The van der Waals surface area contributed by atoms with E-state index >= 15 is 0 Å². The molecule has 0 aliphatic heterocycles. The first-order valence-electron chi connectivity index (χ1n) is 8.35. The lowest BCUT2D eigenvalue weighted by atomic mass is 10.0. The molecule has 0 heterocycles. The van der Waals surface area contributed by atoms with Gasteiger partial charge in [-0.05, 0) is 42.9 Å². The van der Waals surface area contributed by atoms with Crippen molar-refractivity contribution >= 4 is 11.7 Å². The predicted octanol–water partition coefficient (Wildman–Crippen LogP) is 4.48. The highest BCUT2D eigenvalue weighted by Crippen LogP contribution is 2.22. The van der Waals surface area contributed by atoms with Crippen LogP contribution in [0.5, 0.6) is 0 Å². The second-order valence-electron chi connectivity index (χ2n) is 5.78. The van der Waals surface area contributed by atoms with Crippen LogP contribution in [0.2, 0.25) is 0 Å². The maximum absolute atomic E-state index is 12.2. The van der Waals surface area contributed by atoms with Gasteiger partial charge in [-0.1, -0.05) is 61.9 Å². The molecule has 0 fully saturated rings. The lowest BCUT2D eigenvalue weighted by molar-refractivity contribution is 0.252. The quantitative estimate of drug-likeness (QED) is 0.811. The number of hydrogen-bond acceptors (Lipinski definition) is 1. The van der Waals surface area contributed by atoms with Crippen molar-refractivity contribution in [3.8, 4) is 0 Å². The Bertz CT molecular complexity index is 642. The van der Waals surface area contributed by atoms with Crippen LogP contribution in [0.15, 0.2) is 42.5 Å². The SMILES string of the molecule is CCc1cccc(CC)c1NC(=O)NCCc1cccc(C)c1. The standard InChI is InChI=1S/C20H26N2O/c1-4-17-10-7-11-18(5-2)19(17)22-20(23)21-13-12-16-9-6-8-15(3)14-16/h6-11,14H,4-5,12-13H2,1-3H3,(H2,21,22,23). The largest absolute Gasteiger partial charge is 0.338 e. The van der Waals surface area contributed by atoms with Crippen molar-refractivity contribution in [2.45, 2.75) is 40.0 Å². The molecule has 0 aliphatic carbocycles. The molecule has 0 unspecified atom stereocenters. The molecule has 0 aliphatic rings. The van der Waals surface area contributed by atoms with Crippen molar-refractivity contribution in [3.63, 3.8) is 0 Å². The number of nitrogens with one attached hydrogen (secondary N) is 2. The first-order chi connectivity index (χ1) is 11.1. The molecule has 2 rings (SSSR count). The molecular weight excluding hydrogens is 284 g/mol. The van der Waals surface area contributed by atoms with Gasteiger partial charge in [0.15, 0.2) is 0 Å². The van der Waals surface area contributed by atoms with Crippen LogP contribution >= 0.6 is 0 Å². The van der Waals surface area contributed by atoms with Gasteiger partial charge in [-0.15, -0.1) is 0 Å². The maximum Gasteiger partial charge on any atom is 0.319 e. The molecule has 3 heteroatoms. The Balaban J connectivity index is 1.92. The molecule has 3 nitrogen and oxygen atoms in total. The molecule has 0 saturated heterocycles.